The summed E-state index contributed by atoms with van der Waals surface area (Å²) in [7, 11) is 0. The van der Waals surface area contributed by atoms with E-state index in [9.17, 15) is 27.2 Å². The van der Waals surface area contributed by atoms with Crippen LogP contribution >= 0.6 is 0 Å². The second-order valence-corrected chi connectivity index (χ2v) is 6.98. The Hall–Kier alpha value is -4.66. The molecule has 176 valence electrons. The van der Waals surface area contributed by atoms with E-state index in [4.69, 9.17) is 14.2 Å². The lowest BCUT2D eigenvalue weighted by molar-refractivity contribution is 0.0393. The second kappa shape index (κ2) is 10.1. The molecule has 0 radical (unpaired) electrons. The molecule has 35 heavy (non-hydrogen) atoms. The van der Waals surface area contributed by atoms with Crippen molar-refractivity contribution >= 4 is 11.9 Å². The molecule has 0 unspecified atom stereocenters. The topological polar surface area (TPSA) is 61.8 Å². The number of halogens is 4. The molecular weight excluding hydrogens is 468 g/mol. The Balaban J connectivity index is 1.65. The number of carbonyl (C=O) groups is 2. The first-order valence-corrected chi connectivity index (χ1v) is 10.0. The Morgan fingerprint density at radius 2 is 0.886 bits per heavy atom. The van der Waals surface area contributed by atoms with Gasteiger partial charge in [0, 0.05) is 0 Å². The molecule has 0 aromatic heterocycles. The number of esters is 2. The highest BCUT2D eigenvalue weighted by Gasteiger charge is 2.28. The zero-order chi connectivity index (χ0) is 24.9. The second-order valence-electron chi connectivity index (χ2n) is 6.98. The average Bonchev–Trinajstić information content (AvgIpc) is 2.86. The lowest BCUT2D eigenvalue weighted by atomic mass is 10.1. The summed E-state index contributed by atoms with van der Waals surface area (Å²) in [6.45, 7) is 0. The summed E-state index contributed by atoms with van der Waals surface area (Å²) in [6.07, 6.45) is 0. The Labute approximate surface area is 196 Å². The van der Waals surface area contributed by atoms with Gasteiger partial charge in [0.05, 0.1) is 0 Å². The Morgan fingerprint density at radius 1 is 0.514 bits per heavy atom. The molecule has 0 bridgehead atoms. The zero-order valence-electron chi connectivity index (χ0n) is 17.6. The molecular formula is C26H14F4O5. The molecule has 0 N–H and O–H groups in total. The third-order valence-corrected chi connectivity index (χ3v) is 4.65. The van der Waals surface area contributed by atoms with E-state index in [1.54, 1.807) is 36.4 Å². The van der Waals surface area contributed by atoms with Crippen LogP contribution in [0, 0.1) is 23.3 Å². The van der Waals surface area contributed by atoms with Crippen LogP contribution in [0.3, 0.4) is 0 Å². The molecule has 4 rings (SSSR count). The fourth-order valence-electron chi connectivity index (χ4n) is 2.99. The van der Waals surface area contributed by atoms with Crippen LogP contribution in [-0.2, 0) is 4.74 Å². The lowest BCUT2D eigenvalue weighted by Gasteiger charge is -2.13. The first kappa shape index (κ1) is 23.5. The minimum atomic E-state index is -1.49. The average molecular weight is 482 g/mol. The lowest BCUT2D eigenvalue weighted by Crippen LogP contribution is -2.16. The van der Waals surface area contributed by atoms with Crippen molar-refractivity contribution in [3.8, 4) is 23.0 Å². The van der Waals surface area contributed by atoms with Crippen molar-refractivity contribution in [1.82, 2.24) is 0 Å². The largest absolute Gasteiger partial charge is 0.453 e. The van der Waals surface area contributed by atoms with Gasteiger partial charge in [-0.15, -0.1) is 0 Å². The van der Waals surface area contributed by atoms with E-state index >= 15 is 0 Å². The van der Waals surface area contributed by atoms with E-state index in [1.165, 1.54) is 24.3 Å². The van der Waals surface area contributed by atoms with Crippen molar-refractivity contribution in [2.24, 2.45) is 0 Å². The van der Waals surface area contributed by atoms with Crippen LogP contribution in [0.5, 0.6) is 23.0 Å². The van der Waals surface area contributed by atoms with E-state index < -0.39 is 57.8 Å². The highest BCUT2D eigenvalue weighted by atomic mass is 19.2. The highest BCUT2D eigenvalue weighted by molar-refractivity contribution is 6.05. The Bertz CT molecular complexity index is 1290. The number of carbonyl (C=O) groups excluding carboxylic acids is 2. The molecule has 0 spiro atoms. The maximum atomic E-state index is 14.5. The predicted octanol–water partition coefficient (Wildman–Crippen LogP) is 6.82. The van der Waals surface area contributed by atoms with Crippen LogP contribution in [-0.4, -0.2) is 11.9 Å². The fourth-order valence-corrected chi connectivity index (χ4v) is 2.99. The first-order valence-electron chi connectivity index (χ1n) is 10.0. The summed E-state index contributed by atoms with van der Waals surface area (Å²) in [6, 6.07) is 18.3. The van der Waals surface area contributed by atoms with Gasteiger partial charge in [-0.25, -0.2) is 18.4 Å². The van der Waals surface area contributed by atoms with Gasteiger partial charge in [0.25, 0.3) is 0 Å². The standard InChI is InChI=1S/C26H14F4O5/c27-19-13-11-17(23(21(19)29)33-15-7-3-1-4-8-15)25(31)35-26(32)18-12-14-20(28)22(30)24(18)34-16-9-5-2-6-10-16/h1-14H. The molecule has 0 heterocycles. The smallest absolute Gasteiger partial charge is 0.349 e. The van der Waals surface area contributed by atoms with Crippen LogP contribution in [0.15, 0.2) is 84.9 Å². The molecule has 0 saturated carbocycles. The Morgan fingerprint density at radius 3 is 1.26 bits per heavy atom. The normalized spacial score (nSPS) is 10.5. The summed E-state index contributed by atoms with van der Waals surface area (Å²) in [4.78, 5) is 25.4. The van der Waals surface area contributed by atoms with Crippen LogP contribution in [0.1, 0.15) is 20.7 Å². The number of ether oxygens (including phenoxy) is 3. The van der Waals surface area contributed by atoms with Gasteiger partial charge in [0.15, 0.2) is 23.1 Å². The molecule has 0 atom stereocenters. The van der Waals surface area contributed by atoms with Crippen LogP contribution in [0.25, 0.3) is 0 Å². The molecule has 0 aliphatic rings. The predicted molar refractivity (Wildman–Crippen MR) is 115 cm³/mol. The van der Waals surface area contributed by atoms with Crippen molar-refractivity contribution in [2.45, 2.75) is 0 Å². The van der Waals surface area contributed by atoms with Gasteiger partial charge in [0.2, 0.25) is 11.6 Å². The molecule has 9 heteroatoms. The van der Waals surface area contributed by atoms with E-state index in [0.29, 0.717) is 12.1 Å². The van der Waals surface area contributed by atoms with Crippen LogP contribution in [0.2, 0.25) is 0 Å². The zero-order valence-corrected chi connectivity index (χ0v) is 17.6. The van der Waals surface area contributed by atoms with Crippen LogP contribution in [0.4, 0.5) is 17.6 Å². The number of hydrogen-bond acceptors (Lipinski definition) is 5. The summed E-state index contributed by atoms with van der Waals surface area (Å²) in [5.74, 6) is -9.91. The van der Waals surface area contributed by atoms with Crippen molar-refractivity contribution in [3.05, 3.63) is 119 Å². The third kappa shape index (κ3) is 5.14. The van der Waals surface area contributed by atoms with Gasteiger partial charge >= 0.3 is 11.9 Å². The van der Waals surface area contributed by atoms with E-state index in [2.05, 4.69) is 0 Å². The molecule has 0 amide bonds. The number of benzene rings is 4. The van der Waals surface area contributed by atoms with Crippen molar-refractivity contribution in [3.63, 3.8) is 0 Å². The van der Waals surface area contributed by atoms with Crippen molar-refractivity contribution in [1.29, 1.82) is 0 Å². The van der Waals surface area contributed by atoms with Gasteiger partial charge in [-0.1, -0.05) is 36.4 Å². The van der Waals surface area contributed by atoms with E-state index in [-0.39, 0.29) is 11.5 Å². The molecule has 0 fully saturated rings. The third-order valence-electron chi connectivity index (χ3n) is 4.65. The number of hydrogen-bond donors (Lipinski definition) is 0. The van der Waals surface area contributed by atoms with Gasteiger partial charge in [-0.2, -0.15) is 8.78 Å². The molecule has 0 aliphatic carbocycles. The maximum Gasteiger partial charge on any atom is 0.349 e. The number of rotatable bonds is 6. The monoisotopic (exact) mass is 482 g/mol. The summed E-state index contributed by atoms with van der Waals surface area (Å²) >= 11 is 0. The summed E-state index contributed by atoms with van der Waals surface area (Å²) < 4.78 is 72.0. The molecule has 4 aromatic carbocycles. The van der Waals surface area contributed by atoms with Gasteiger partial charge < -0.3 is 14.2 Å². The molecule has 0 aliphatic heterocycles. The SMILES string of the molecule is O=C(OC(=O)c1ccc(F)c(F)c1Oc1ccccc1)c1ccc(F)c(F)c1Oc1ccccc1. The molecule has 0 saturated heterocycles. The van der Waals surface area contributed by atoms with Crippen molar-refractivity contribution < 1.29 is 41.4 Å². The highest BCUT2D eigenvalue weighted by Crippen LogP contribution is 2.33. The first-order chi connectivity index (χ1) is 16.8. The molecule has 4 aromatic rings. The van der Waals surface area contributed by atoms with E-state index in [1.807, 2.05) is 0 Å². The summed E-state index contributed by atoms with van der Waals surface area (Å²) in [5.41, 5.74) is -1.23. The fraction of sp³-hybridized carbons (Fsp3) is 0. The quantitative estimate of drug-likeness (QED) is 0.171. The number of para-hydroxylation sites is 2. The maximum absolute atomic E-state index is 14.5. The summed E-state index contributed by atoms with van der Waals surface area (Å²) in [5, 5.41) is 0. The van der Waals surface area contributed by atoms with Gasteiger partial charge in [-0.3, -0.25) is 0 Å². The van der Waals surface area contributed by atoms with E-state index in [0.717, 1.165) is 12.1 Å². The van der Waals surface area contributed by atoms with Gasteiger partial charge in [-0.05, 0) is 48.5 Å². The minimum absolute atomic E-state index is 0.0801. The minimum Gasteiger partial charge on any atom is -0.453 e. The van der Waals surface area contributed by atoms with Crippen molar-refractivity contribution in [2.75, 3.05) is 0 Å². The van der Waals surface area contributed by atoms with Gasteiger partial charge in [0.1, 0.15) is 22.6 Å². The Kier molecular flexibility index (Phi) is 6.77. The molecule has 5 nitrogen and oxygen atoms in total. The van der Waals surface area contributed by atoms with Crippen LogP contribution < -0.4 is 9.47 Å².